The Morgan fingerprint density at radius 3 is 2.63 bits per heavy atom. The molecular weight excluding hydrogens is 480 g/mol. The summed E-state index contributed by atoms with van der Waals surface area (Å²) in [5, 5.41) is 19.7. The summed E-state index contributed by atoms with van der Waals surface area (Å²) in [6.45, 7) is 8.56. The fraction of sp³-hybridized carbons (Fsp3) is 0.467. The molecule has 8 heteroatoms. The van der Waals surface area contributed by atoms with Crippen LogP contribution in [0.5, 0.6) is 5.75 Å². The van der Waals surface area contributed by atoms with Crippen molar-refractivity contribution in [2.24, 2.45) is 13.0 Å². The lowest BCUT2D eigenvalue weighted by Crippen LogP contribution is -2.53. The molecule has 0 saturated carbocycles. The van der Waals surface area contributed by atoms with Crippen LogP contribution in [-0.2, 0) is 24.9 Å². The van der Waals surface area contributed by atoms with Crippen LogP contribution in [0.4, 0.5) is 0 Å². The van der Waals surface area contributed by atoms with E-state index in [9.17, 15) is 20.0 Å². The van der Waals surface area contributed by atoms with Crippen LogP contribution >= 0.6 is 0 Å². The Balaban J connectivity index is 1.70. The first kappa shape index (κ1) is 27.3. The summed E-state index contributed by atoms with van der Waals surface area (Å²) >= 11 is 0. The smallest absolute Gasteiger partial charge is 0.225 e. The molecule has 3 heterocycles. The van der Waals surface area contributed by atoms with Crippen molar-refractivity contribution in [3.63, 3.8) is 0 Å². The van der Waals surface area contributed by atoms with Crippen LogP contribution < -0.4 is 4.74 Å². The van der Waals surface area contributed by atoms with Crippen LogP contribution in [0.1, 0.15) is 79.1 Å². The number of pyridine rings is 1. The predicted octanol–water partition coefficient (Wildman–Crippen LogP) is 4.51. The van der Waals surface area contributed by atoms with E-state index in [-0.39, 0.29) is 47.7 Å². The Morgan fingerprint density at radius 2 is 2.03 bits per heavy atom. The number of rotatable bonds is 7. The Bertz CT molecular complexity index is 1430. The van der Waals surface area contributed by atoms with Crippen molar-refractivity contribution in [2.75, 3.05) is 13.7 Å². The molecule has 4 rings (SSSR count). The van der Waals surface area contributed by atoms with Gasteiger partial charge in [-0.2, -0.15) is 5.26 Å². The maximum Gasteiger partial charge on any atom is 0.225 e. The number of Topliss-reactive ketones (excluding diaryl/α,β-unsaturated/α-hetero) is 1. The molecule has 0 spiro atoms. The fourth-order valence-electron chi connectivity index (χ4n) is 5.71. The van der Waals surface area contributed by atoms with Gasteiger partial charge >= 0.3 is 0 Å². The lowest BCUT2D eigenvalue weighted by Gasteiger charge is -2.46. The van der Waals surface area contributed by atoms with Gasteiger partial charge < -0.3 is 19.3 Å². The zero-order chi connectivity index (χ0) is 27.8. The van der Waals surface area contributed by atoms with Gasteiger partial charge in [-0.05, 0) is 49.8 Å². The molecule has 1 aromatic carbocycles. The summed E-state index contributed by atoms with van der Waals surface area (Å²) < 4.78 is 7.90. The number of carbonyl (C=O) groups is 2. The van der Waals surface area contributed by atoms with Crippen molar-refractivity contribution in [1.29, 1.82) is 5.26 Å². The minimum atomic E-state index is -0.292. The minimum absolute atomic E-state index is 0.0446. The van der Waals surface area contributed by atoms with Gasteiger partial charge in [0.2, 0.25) is 5.91 Å². The third-order valence-electron chi connectivity index (χ3n) is 7.70. The molecule has 1 fully saturated rings. The number of aliphatic hydroxyl groups is 1. The molecule has 1 aliphatic heterocycles. The van der Waals surface area contributed by atoms with Gasteiger partial charge in [-0.1, -0.05) is 26.0 Å². The first-order valence-electron chi connectivity index (χ1n) is 13.0. The number of likely N-dealkylation sites (tertiary alicyclic amines) is 1. The van der Waals surface area contributed by atoms with Crippen LogP contribution in [-0.4, -0.2) is 50.4 Å². The molecule has 8 nitrogen and oxygen atoms in total. The molecule has 1 N–H and O–H groups in total. The Labute approximate surface area is 223 Å². The normalized spacial score (nSPS) is 17.0. The summed E-state index contributed by atoms with van der Waals surface area (Å²) in [5.41, 5.74) is 3.46. The second-order valence-electron chi connectivity index (χ2n) is 11.1. The lowest BCUT2D eigenvalue weighted by atomic mass is 9.78. The van der Waals surface area contributed by atoms with Crippen molar-refractivity contribution >= 4 is 22.7 Å². The second kappa shape index (κ2) is 10.6. The maximum atomic E-state index is 13.2. The number of fused-ring (bicyclic) bond motifs is 1. The van der Waals surface area contributed by atoms with Crippen LogP contribution in [0, 0.1) is 17.2 Å². The van der Waals surface area contributed by atoms with Crippen LogP contribution in [0.3, 0.4) is 0 Å². The van der Waals surface area contributed by atoms with Crippen LogP contribution in [0.2, 0.25) is 0 Å². The summed E-state index contributed by atoms with van der Waals surface area (Å²) in [6, 6.07) is 6.81. The van der Waals surface area contributed by atoms with Gasteiger partial charge in [-0.3, -0.25) is 9.59 Å². The van der Waals surface area contributed by atoms with E-state index in [0.717, 1.165) is 29.4 Å². The Kier molecular flexibility index (Phi) is 7.61. The number of methoxy groups -OCH3 is 1. The number of nitrogens with zero attached hydrogens (tertiary/aromatic N) is 4. The molecule has 3 aromatic rings. The van der Waals surface area contributed by atoms with Crippen molar-refractivity contribution in [2.45, 2.75) is 65.0 Å². The predicted molar refractivity (Wildman–Crippen MR) is 145 cm³/mol. The zero-order valence-corrected chi connectivity index (χ0v) is 23.0. The van der Waals surface area contributed by atoms with Crippen molar-refractivity contribution in [3.8, 4) is 11.8 Å². The van der Waals surface area contributed by atoms with E-state index in [1.54, 1.807) is 25.4 Å². The van der Waals surface area contributed by atoms with Crippen LogP contribution in [0.15, 0.2) is 30.6 Å². The number of ketones is 1. The molecule has 1 atom stereocenters. The van der Waals surface area contributed by atoms with E-state index < -0.39 is 0 Å². The summed E-state index contributed by atoms with van der Waals surface area (Å²) in [5.74, 6) is 0.806. The SMILES string of the molecule is COc1c(CC(=O)c2ccc(CO)c(C#N)c2)cnc2c1c([C@@H]1CCN(C(=O)C(C)C)C(C)(C)C1)cn2C. The van der Waals surface area contributed by atoms with Crippen molar-refractivity contribution < 1.29 is 19.4 Å². The number of nitriles is 1. The monoisotopic (exact) mass is 516 g/mol. The molecular formula is C30H36N4O4. The number of piperidine rings is 1. The standard InChI is InChI=1S/C30H36N4O4/c1-18(2)29(37)34-10-9-20(13-30(34,3)4)24-16-33(5)28-26(24)27(38-6)23(15-32-28)12-25(36)19-7-8-21(17-35)22(11-19)14-31/h7-8,11,15-16,18,20,35H,9-10,12-13,17H2,1-6H3/t20-/m1/s1. The third-order valence-corrected chi connectivity index (χ3v) is 7.70. The molecule has 38 heavy (non-hydrogen) atoms. The second-order valence-corrected chi connectivity index (χ2v) is 11.1. The van der Waals surface area contributed by atoms with E-state index in [4.69, 9.17) is 9.72 Å². The lowest BCUT2D eigenvalue weighted by molar-refractivity contribution is -0.142. The van der Waals surface area contributed by atoms with Gasteiger partial charge in [-0.25, -0.2) is 4.98 Å². The Morgan fingerprint density at radius 1 is 1.29 bits per heavy atom. The summed E-state index contributed by atoms with van der Waals surface area (Å²) in [6.07, 6.45) is 5.49. The largest absolute Gasteiger partial charge is 0.496 e. The minimum Gasteiger partial charge on any atom is -0.496 e. The fourth-order valence-corrected chi connectivity index (χ4v) is 5.71. The van der Waals surface area contributed by atoms with Gasteiger partial charge in [-0.15, -0.1) is 0 Å². The molecule has 1 amide bonds. The molecule has 0 bridgehead atoms. The summed E-state index contributed by atoms with van der Waals surface area (Å²) in [4.78, 5) is 32.8. The number of carbonyl (C=O) groups excluding carboxylic acids is 2. The van der Waals surface area contributed by atoms with Gasteiger partial charge in [0.05, 0.1) is 30.7 Å². The first-order chi connectivity index (χ1) is 18.0. The number of aliphatic hydroxyl groups excluding tert-OH is 1. The number of aromatic nitrogens is 2. The maximum absolute atomic E-state index is 13.2. The Hall–Kier alpha value is -3.70. The average Bonchev–Trinajstić information content (AvgIpc) is 3.23. The van der Waals surface area contributed by atoms with E-state index in [2.05, 4.69) is 20.0 Å². The van der Waals surface area contributed by atoms with Crippen molar-refractivity contribution in [1.82, 2.24) is 14.5 Å². The summed E-state index contributed by atoms with van der Waals surface area (Å²) in [7, 11) is 3.56. The number of hydrogen-bond acceptors (Lipinski definition) is 6. The van der Waals surface area contributed by atoms with E-state index in [0.29, 0.717) is 29.0 Å². The highest BCUT2D eigenvalue weighted by Crippen LogP contribution is 2.44. The highest BCUT2D eigenvalue weighted by Gasteiger charge is 2.40. The van der Waals surface area contributed by atoms with E-state index in [1.807, 2.05) is 36.4 Å². The van der Waals surface area contributed by atoms with Gasteiger partial charge in [0.1, 0.15) is 11.4 Å². The highest BCUT2D eigenvalue weighted by atomic mass is 16.5. The zero-order valence-electron chi connectivity index (χ0n) is 23.0. The van der Waals surface area contributed by atoms with E-state index >= 15 is 0 Å². The molecule has 0 radical (unpaired) electrons. The highest BCUT2D eigenvalue weighted by molar-refractivity contribution is 5.99. The number of hydrogen-bond donors (Lipinski definition) is 1. The quantitative estimate of drug-likeness (QED) is 0.463. The van der Waals surface area contributed by atoms with Crippen LogP contribution in [0.25, 0.3) is 11.0 Å². The van der Waals surface area contributed by atoms with Gasteiger partial charge in [0.25, 0.3) is 0 Å². The topological polar surface area (TPSA) is 108 Å². The first-order valence-corrected chi connectivity index (χ1v) is 13.0. The number of benzene rings is 1. The number of ether oxygens (including phenoxy) is 1. The molecule has 0 aliphatic carbocycles. The van der Waals surface area contributed by atoms with Gasteiger partial charge in [0, 0.05) is 55.0 Å². The third kappa shape index (κ3) is 4.91. The van der Waals surface area contributed by atoms with E-state index in [1.165, 1.54) is 6.07 Å². The molecule has 1 aliphatic rings. The molecule has 0 unspecified atom stereocenters. The number of aryl methyl sites for hydroxylation is 1. The molecule has 1 saturated heterocycles. The molecule has 200 valence electrons. The molecule has 2 aromatic heterocycles. The van der Waals surface area contributed by atoms with Crippen molar-refractivity contribution in [3.05, 3.63) is 58.4 Å². The number of amides is 1. The van der Waals surface area contributed by atoms with Gasteiger partial charge in [0.15, 0.2) is 5.78 Å². The average molecular weight is 517 g/mol.